The van der Waals surface area contributed by atoms with Gasteiger partial charge >= 0.3 is 0 Å². The van der Waals surface area contributed by atoms with E-state index in [-0.39, 0.29) is 24.7 Å². The van der Waals surface area contributed by atoms with E-state index in [1.165, 1.54) is 11.6 Å². The molecule has 1 aliphatic carbocycles. The van der Waals surface area contributed by atoms with Gasteiger partial charge in [0.05, 0.1) is 13.0 Å². The summed E-state index contributed by atoms with van der Waals surface area (Å²) in [5.41, 5.74) is 1.47. The van der Waals surface area contributed by atoms with Crippen LogP contribution in [0.25, 0.3) is 0 Å². The number of hydrogen-bond donors (Lipinski definition) is 1. The minimum Gasteiger partial charge on any atom is -0.490 e. The third kappa shape index (κ3) is 4.17. The second-order valence-electron chi connectivity index (χ2n) is 7.51. The molecular formula is C21H25FN2O2S. The van der Waals surface area contributed by atoms with Crippen molar-refractivity contribution in [2.75, 3.05) is 19.7 Å². The Labute approximate surface area is 163 Å². The third-order valence-corrected chi connectivity index (χ3v) is 6.52. The lowest BCUT2D eigenvalue weighted by Crippen LogP contribution is -2.39. The van der Waals surface area contributed by atoms with Crippen molar-refractivity contribution < 1.29 is 13.9 Å². The molecule has 144 valence electrons. The van der Waals surface area contributed by atoms with Crippen LogP contribution in [0.5, 0.6) is 5.75 Å². The molecule has 1 spiro atoms. The molecular weight excluding hydrogens is 363 g/mol. The normalized spacial score (nSPS) is 20.4. The Hall–Kier alpha value is -1.92. The zero-order chi connectivity index (χ0) is 18.7. The van der Waals surface area contributed by atoms with E-state index in [9.17, 15) is 9.18 Å². The molecule has 1 saturated carbocycles. The van der Waals surface area contributed by atoms with E-state index in [0.29, 0.717) is 18.0 Å². The van der Waals surface area contributed by atoms with Gasteiger partial charge in [-0.25, -0.2) is 4.39 Å². The summed E-state index contributed by atoms with van der Waals surface area (Å²) < 4.78 is 19.2. The maximum atomic E-state index is 13.7. The van der Waals surface area contributed by atoms with Crippen molar-refractivity contribution in [1.82, 2.24) is 10.2 Å². The highest BCUT2D eigenvalue weighted by atomic mass is 32.1. The highest BCUT2D eigenvalue weighted by Crippen LogP contribution is 2.56. The molecule has 1 aromatic carbocycles. The average Bonchev–Trinajstić information content (AvgIpc) is 3.11. The Morgan fingerprint density at radius 3 is 2.85 bits per heavy atom. The molecule has 2 aliphatic rings. The number of para-hydroxylation sites is 1. The van der Waals surface area contributed by atoms with Gasteiger partial charge in [-0.2, -0.15) is 11.3 Å². The zero-order valence-electron chi connectivity index (χ0n) is 15.3. The molecule has 1 aromatic heterocycles. The summed E-state index contributed by atoms with van der Waals surface area (Å²) in [6.07, 6.45) is 3.63. The number of carbonyl (C=O) groups excluding carboxylic acids is 1. The Bertz CT molecular complexity index is 774. The van der Waals surface area contributed by atoms with E-state index in [4.69, 9.17) is 4.74 Å². The number of halogens is 1. The number of thiophene rings is 1. The number of nitrogens with zero attached hydrogens (tertiary/aromatic N) is 1. The molecule has 6 heteroatoms. The van der Waals surface area contributed by atoms with Crippen LogP contribution >= 0.6 is 11.3 Å². The van der Waals surface area contributed by atoms with Gasteiger partial charge in [-0.05, 0) is 72.3 Å². The number of piperidine rings is 1. The molecule has 1 N–H and O–H groups in total. The highest BCUT2D eigenvalue weighted by molar-refractivity contribution is 7.07. The van der Waals surface area contributed by atoms with E-state index in [1.54, 1.807) is 29.5 Å². The van der Waals surface area contributed by atoms with Crippen LogP contribution in [0.15, 0.2) is 41.1 Å². The summed E-state index contributed by atoms with van der Waals surface area (Å²) in [6, 6.07) is 8.72. The van der Waals surface area contributed by atoms with Crippen LogP contribution in [0.1, 0.15) is 31.2 Å². The van der Waals surface area contributed by atoms with Gasteiger partial charge in [0, 0.05) is 12.6 Å². The van der Waals surface area contributed by atoms with Crippen molar-refractivity contribution in [3.05, 3.63) is 52.5 Å². The molecule has 1 saturated heterocycles. The standard InChI is InChI=1S/C21H25FN2O2S/c22-17-3-1-2-4-18(17)26-11-5-20(25)24(14-16-6-12-27-15-16)19-13-21(19)7-9-23-10-8-21/h1-4,6,12,15,19,23H,5,7-11,13-14H2. The average molecular weight is 389 g/mol. The first kappa shape index (κ1) is 18.4. The minimum atomic E-state index is -0.393. The van der Waals surface area contributed by atoms with Crippen LogP contribution in [-0.4, -0.2) is 36.5 Å². The number of ether oxygens (including phenoxy) is 1. The molecule has 27 heavy (non-hydrogen) atoms. The Morgan fingerprint density at radius 2 is 2.11 bits per heavy atom. The summed E-state index contributed by atoms with van der Waals surface area (Å²) in [5.74, 6) is -0.0928. The van der Waals surface area contributed by atoms with Crippen molar-refractivity contribution >= 4 is 17.2 Å². The molecule has 1 aliphatic heterocycles. The van der Waals surface area contributed by atoms with Crippen LogP contribution in [0, 0.1) is 11.2 Å². The van der Waals surface area contributed by atoms with E-state index < -0.39 is 5.82 Å². The highest BCUT2D eigenvalue weighted by Gasteiger charge is 2.57. The lowest BCUT2D eigenvalue weighted by Gasteiger charge is -2.29. The van der Waals surface area contributed by atoms with E-state index >= 15 is 0 Å². The zero-order valence-corrected chi connectivity index (χ0v) is 16.1. The summed E-state index contributed by atoms with van der Waals surface area (Å²) in [5, 5.41) is 7.57. The van der Waals surface area contributed by atoms with Crippen LogP contribution in [-0.2, 0) is 11.3 Å². The summed E-state index contributed by atoms with van der Waals surface area (Å²) in [7, 11) is 0. The topological polar surface area (TPSA) is 41.6 Å². The maximum absolute atomic E-state index is 13.7. The molecule has 2 fully saturated rings. The predicted molar refractivity (Wildman–Crippen MR) is 104 cm³/mol. The van der Waals surface area contributed by atoms with Gasteiger partial charge in [0.25, 0.3) is 0 Å². The van der Waals surface area contributed by atoms with E-state index in [2.05, 4.69) is 16.8 Å². The Balaban J connectivity index is 1.39. The number of carbonyl (C=O) groups is 1. The van der Waals surface area contributed by atoms with Gasteiger partial charge < -0.3 is 15.0 Å². The van der Waals surface area contributed by atoms with Crippen LogP contribution in [0.2, 0.25) is 0 Å². The smallest absolute Gasteiger partial charge is 0.226 e. The Morgan fingerprint density at radius 1 is 1.30 bits per heavy atom. The number of benzene rings is 1. The molecule has 2 aromatic rings. The van der Waals surface area contributed by atoms with Gasteiger partial charge in [0.15, 0.2) is 11.6 Å². The van der Waals surface area contributed by atoms with Crippen LogP contribution < -0.4 is 10.1 Å². The summed E-state index contributed by atoms with van der Waals surface area (Å²) in [4.78, 5) is 15.0. The van der Waals surface area contributed by atoms with Gasteiger partial charge in [-0.1, -0.05) is 12.1 Å². The number of nitrogens with one attached hydrogen (secondary N) is 1. The van der Waals surface area contributed by atoms with E-state index in [1.807, 2.05) is 10.3 Å². The first-order chi connectivity index (χ1) is 13.2. The lowest BCUT2D eigenvalue weighted by molar-refractivity contribution is -0.133. The van der Waals surface area contributed by atoms with Crippen molar-refractivity contribution in [2.24, 2.45) is 5.41 Å². The van der Waals surface area contributed by atoms with Crippen LogP contribution in [0.3, 0.4) is 0 Å². The predicted octanol–water partition coefficient (Wildman–Crippen LogP) is 3.83. The Kier molecular flexibility index (Phi) is 5.45. The van der Waals surface area contributed by atoms with Crippen molar-refractivity contribution in [1.29, 1.82) is 0 Å². The second kappa shape index (κ2) is 7.98. The lowest BCUT2D eigenvalue weighted by atomic mass is 9.93. The van der Waals surface area contributed by atoms with E-state index in [0.717, 1.165) is 32.4 Å². The van der Waals surface area contributed by atoms with Gasteiger partial charge in [0.2, 0.25) is 5.91 Å². The molecule has 4 nitrogen and oxygen atoms in total. The number of amides is 1. The number of rotatable bonds is 7. The second-order valence-corrected chi connectivity index (χ2v) is 8.29. The van der Waals surface area contributed by atoms with Gasteiger partial charge in [-0.3, -0.25) is 4.79 Å². The fourth-order valence-corrected chi connectivity index (χ4v) is 4.79. The first-order valence-electron chi connectivity index (χ1n) is 9.57. The van der Waals surface area contributed by atoms with Crippen molar-refractivity contribution in [3.63, 3.8) is 0 Å². The van der Waals surface area contributed by atoms with Gasteiger partial charge in [-0.15, -0.1) is 0 Å². The van der Waals surface area contributed by atoms with Crippen molar-refractivity contribution in [3.8, 4) is 5.75 Å². The SMILES string of the molecule is O=C(CCOc1ccccc1F)N(Cc1ccsc1)C1CC12CCNCC2. The quantitative estimate of drug-likeness (QED) is 0.784. The first-order valence-corrected chi connectivity index (χ1v) is 10.5. The van der Waals surface area contributed by atoms with Crippen LogP contribution in [0.4, 0.5) is 4.39 Å². The molecule has 0 radical (unpaired) electrons. The number of hydrogen-bond acceptors (Lipinski definition) is 4. The molecule has 4 rings (SSSR count). The van der Waals surface area contributed by atoms with Gasteiger partial charge in [0.1, 0.15) is 0 Å². The summed E-state index contributed by atoms with van der Waals surface area (Å²) in [6.45, 7) is 2.92. The molecule has 0 bridgehead atoms. The van der Waals surface area contributed by atoms with Crippen molar-refractivity contribution in [2.45, 2.75) is 38.3 Å². The maximum Gasteiger partial charge on any atom is 0.226 e. The third-order valence-electron chi connectivity index (χ3n) is 5.79. The molecule has 1 unspecified atom stereocenters. The molecule has 1 amide bonds. The fraction of sp³-hybridized carbons (Fsp3) is 0.476. The minimum absolute atomic E-state index is 0.0953. The fourth-order valence-electron chi connectivity index (χ4n) is 4.13. The molecule has 2 heterocycles. The monoisotopic (exact) mass is 388 g/mol. The molecule has 1 atom stereocenters. The largest absolute Gasteiger partial charge is 0.490 e. The summed E-state index contributed by atoms with van der Waals surface area (Å²) >= 11 is 1.65.